The van der Waals surface area contributed by atoms with Gasteiger partial charge in [-0.2, -0.15) is 9.47 Å². The van der Waals surface area contributed by atoms with Gasteiger partial charge in [0.15, 0.2) is 5.69 Å². The minimum Gasteiger partial charge on any atom is -0.480 e. The monoisotopic (exact) mass is 344 g/mol. The van der Waals surface area contributed by atoms with E-state index in [2.05, 4.69) is 9.47 Å². The fraction of sp³-hybridized carbons (Fsp3) is 0.364. The van der Waals surface area contributed by atoms with E-state index in [-0.39, 0.29) is 11.4 Å². The van der Waals surface area contributed by atoms with E-state index in [1.165, 1.54) is 23.9 Å². The Bertz CT molecular complexity index is 789. The average Bonchev–Trinajstić information content (AvgIpc) is 3.10. The summed E-state index contributed by atoms with van der Waals surface area (Å²) in [6.45, 7) is 1.03. The highest BCUT2D eigenvalue weighted by Crippen LogP contribution is 2.20. The molecule has 22 heavy (non-hydrogen) atoms. The number of carbonyl (C=O) groups is 1. The quantitative estimate of drug-likeness (QED) is 0.812. The van der Waals surface area contributed by atoms with E-state index >= 15 is 0 Å². The molecule has 0 aliphatic carbocycles. The lowest BCUT2D eigenvalue weighted by atomic mass is 10.4. The van der Waals surface area contributed by atoms with Crippen molar-refractivity contribution in [1.82, 2.24) is 18.9 Å². The van der Waals surface area contributed by atoms with Crippen molar-refractivity contribution < 1.29 is 22.7 Å². The third-order valence-corrected chi connectivity index (χ3v) is 4.99. The summed E-state index contributed by atoms with van der Waals surface area (Å²) in [5.41, 5.74) is 0.000148. The number of rotatable bonds is 5. The molecule has 1 aliphatic heterocycles. The number of ether oxygens (including phenoxy) is 2. The first-order valence-corrected chi connectivity index (χ1v) is 8.64. The third-order valence-electron chi connectivity index (χ3n) is 2.86. The third kappa shape index (κ3) is 3.04. The highest BCUT2D eigenvalue weighted by molar-refractivity contribution is 7.89. The van der Waals surface area contributed by atoms with Crippen molar-refractivity contribution in [1.29, 1.82) is 0 Å². The molecule has 2 aromatic rings. The molecule has 0 fully saturated rings. The summed E-state index contributed by atoms with van der Waals surface area (Å²) in [5.74, 6) is -0.356. The van der Waals surface area contributed by atoms with E-state index in [1.54, 1.807) is 0 Å². The van der Waals surface area contributed by atoms with Crippen LogP contribution in [0.2, 0.25) is 0 Å². The summed E-state index contributed by atoms with van der Waals surface area (Å²) in [6, 6.07) is 2.92. The minimum absolute atomic E-state index is 0.000148. The van der Waals surface area contributed by atoms with Gasteiger partial charge < -0.3 is 9.47 Å². The normalized spacial score (nSPS) is 13.5. The number of sulfonamides is 1. The summed E-state index contributed by atoms with van der Waals surface area (Å²) < 4.78 is 41.5. The van der Waals surface area contributed by atoms with Crippen LogP contribution in [0.5, 0.6) is 11.8 Å². The van der Waals surface area contributed by atoms with Crippen LogP contribution < -0.4 is 14.2 Å². The van der Waals surface area contributed by atoms with E-state index in [0.29, 0.717) is 29.8 Å². The summed E-state index contributed by atoms with van der Waals surface area (Å²) in [4.78, 5) is 12.4. The second-order valence-corrected chi connectivity index (χ2v) is 7.08. The lowest BCUT2D eigenvalue weighted by Crippen LogP contribution is -2.31. The topological polar surface area (TPSA) is 112 Å². The van der Waals surface area contributed by atoms with Crippen LogP contribution in [0.1, 0.15) is 15.4 Å². The number of hydrogen-bond acceptors (Lipinski definition) is 8. The number of methoxy groups -OCH3 is 1. The predicted octanol–water partition coefficient (Wildman–Crippen LogP) is 0.000400. The van der Waals surface area contributed by atoms with Crippen molar-refractivity contribution >= 4 is 27.5 Å². The van der Waals surface area contributed by atoms with Crippen LogP contribution in [-0.4, -0.2) is 42.2 Å². The molecular weight excluding hydrogens is 332 g/mol. The molecule has 1 amide bonds. The first-order chi connectivity index (χ1) is 10.5. The highest BCUT2D eigenvalue weighted by atomic mass is 32.2. The number of amides is 1. The van der Waals surface area contributed by atoms with E-state index in [4.69, 9.17) is 9.47 Å². The Morgan fingerprint density at radius 2 is 2.36 bits per heavy atom. The van der Waals surface area contributed by atoms with E-state index < -0.39 is 15.9 Å². The first-order valence-electron chi connectivity index (χ1n) is 6.22. The van der Waals surface area contributed by atoms with Crippen LogP contribution in [0.4, 0.5) is 0 Å². The van der Waals surface area contributed by atoms with Gasteiger partial charge in [0, 0.05) is 17.0 Å². The van der Waals surface area contributed by atoms with Gasteiger partial charge >= 0.3 is 0 Å². The molecule has 0 saturated carbocycles. The second kappa shape index (κ2) is 5.57. The number of nitrogens with zero attached hydrogens (tertiary/aromatic N) is 3. The molecule has 3 heterocycles. The lowest BCUT2D eigenvalue weighted by molar-refractivity contribution is 0.0975. The molecule has 9 nitrogen and oxygen atoms in total. The molecule has 3 rings (SSSR count). The van der Waals surface area contributed by atoms with Crippen molar-refractivity contribution in [2.24, 2.45) is 0 Å². The van der Waals surface area contributed by atoms with E-state index in [1.807, 2.05) is 4.72 Å². The maximum atomic E-state index is 12.0. The Morgan fingerprint density at radius 3 is 3.05 bits per heavy atom. The predicted molar refractivity (Wildman–Crippen MR) is 76.5 cm³/mol. The van der Waals surface area contributed by atoms with Crippen molar-refractivity contribution in [2.45, 2.75) is 12.3 Å². The molecule has 1 N–H and O–H groups in total. The van der Waals surface area contributed by atoms with Crippen molar-refractivity contribution in [3.05, 3.63) is 22.7 Å². The minimum atomic E-state index is -3.84. The van der Waals surface area contributed by atoms with Gasteiger partial charge in [-0.05, 0) is 11.5 Å². The van der Waals surface area contributed by atoms with Gasteiger partial charge in [0.1, 0.15) is 12.4 Å². The van der Waals surface area contributed by atoms with Crippen LogP contribution in [0.15, 0.2) is 12.1 Å². The van der Waals surface area contributed by atoms with Crippen molar-refractivity contribution in [3.63, 3.8) is 0 Å². The van der Waals surface area contributed by atoms with Crippen LogP contribution in [0.3, 0.4) is 0 Å². The lowest BCUT2D eigenvalue weighted by Gasteiger charge is -2.03. The molecule has 0 radical (unpaired) electrons. The Balaban J connectivity index is 1.68. The number of hydrogen-bond donors (Lipinski definition) is 1. The van der Waals surface area contributed by atoms with Crippen LogP contribution in [0.25, 0.3) is 0 Å². The maximum absolute atomic E-state index is 12.0. The Labute approximate surface area is 130 Å². The van der Waals surface area contributed by atoms with Gasteiger partial charge in [0.25, 0.3) is 5.91 Å². The number of fused-ring (bicyclic) bond motifs is 1. The highest BCUT2D eigenvalue weighted by Gasteiger charge is 2.23. The number of carbonyl (C=O) groups excluding carboxylic acids is 1. The average molecular weight is 344 g/mol. The fourth-order valence-electron chi connectivity index (χ4n) is 1.90. The van der Waals surface area contributed by atoms with Crippen molar-refractivity contribution in [2.75, 3.05) is 13.7 Å². The van der Waals surface area contributed by atoms with E-state index in [9.17, 15) is 13.2 Å². The molecule has 0 spiro atoms. The summed E-state index contributed by atoms with van der Waals surface area (Å²) in [5, 5.41) is 3.98. The molecule has 0 atom stereocenters. The van der Waals surface area contributed by atoms with Gasteiger partial charge in [-0.1, -0.05) is 0 Å². The summed E-state index contributed by atoms with van der Waals surface area (Å²) in [6.07, 6.45) is 0. The molecule has 2 aromatic heterocycles. The largest absolute Gasteiger partial charge is 0.480 e. The van der Waals surface area contributed by atoms with Gasteiger partial charge in [0.05, 0.1) is 13.7 Å². The molecule has 1 aliphatic rings. The molecular formula is C11H12N4O5S2. The van der Waals surface area contributed by atoms with Gasteiger partial charge in [-0.25, -0.2) is 17.8 Å². The van der Waals surface area contributed by atoms with E-state index in [0.717, 1.165) is 11.5 Å². The summed E-state index contributed by atoms with van der Waals surface area (Å²) >= 11 is 0.998. The standard InChI is InChI=1S/C11H12N4O5S2/c1-19-9-4-7(21-13-9)6-22(17,18)14-11(16)8-5-10-15(12-8)2-3-20-10/h4-5H,2-3,6H2,1H3,(H,14,16). The molecule has 118 valence electrons. The van der Waals surface area contributed by atoms with Crippen LogP contribution in [0, 0.1) is 0 Å². The SMILES string of the molecule is COc1cc(CS(=O)(=O)NC(=O)c2cc3n(n2)CCO3)sn1. The fourth-order valence-corrected chi connectivity index (χ4v) is 3.98. The molecule has 0 aromatic carbocycles. The maximum Gasteiger partial charge on any atom is 0.285 e. The smallest absolute Gasteiger partial charge is 0.285 e. The Hall–Kier alpha value is -2.14. The Kier molecular flexibility index (Phi) is 3.74. The number of aromatic nitrogens is 3. The Morgan fingerprint density at radius 1 is 1.55 bits per heavy atom. The summed E-state index contributed by atoms with van der Waals surface area (Å²) in [7, 11) is -2.40. The number of nitrogens with one attached hydrogen (secondary N) is 1. The van der Waals surface area contributed by atoms with Crippen molar-refractivity contribution in [3.8, 4) is 11.8 Å². The zero-order valence-electron chi connectivity index (χ0n) is 11.5. The second-order valence-electron chi connectivity index (χ2n) is 4.47. The molecule has 0 saturated heterocycles. The molecule has 11 heteroatoms. The van der Waals surface area contributed by atoms with Crippen LogP contribution >= 0.6 is 11.5 Å². The first kappa shape index (κ1) is 14.8. The molecule has 0 bridgehead atoms. The molecule has 0 unspecified atom stereocenters. The van der Waals surface area contributed by atoms with Gasteiger partial charge in [-0.15, -0.1) is 0 Å². The van der Waals surface area contributed by atoms with Gasteiger partial charge in [0.2, 0.25) is 21.8 Å². The zero-order chi connectivity index (χ0) is 15.7. The zero-order valence-corrected chi connectivity index (χ0v) is 13.1. The van der Waals surface area contributed by atoms with Gasteiger partial charge in [-0.3, -0.25) is 4.79 Å². The van der Waals surface area contributed by atoms with Crippen LogP contribution in [-0.2, 0) is 22.3 Å².